The van der Waals surface area contributed by atoms with Crippen molar-refractivity contribution in [2.45, 2.75) is 6.18 Å². The molecule has 0 bridgehead atoms. The van der Waals surface area contributed by atoms with Crippen molar-refractivity contribution >= 4 is 33.4 Å². The highest BCUT2D eigenvalue weighted by molar-refractivity contribution is 9.10. The van der Waals surface area contributed by atoms with Crippen molar-refractivity contribution < 1.29 is 27.9 Å². The third kappa shape index (κ3) is 6.00. The normalized spacial score (nSPS) is 12.3. The summed E-state index contributed by atoms with van der Waals surface area (Å²) in [7, 11) is 0. The smallest absolute Gasteiger partial charge is 0.409 e. The minimum Gasteiger partial charge on any atom is -0.409 e. The Morgan fingerprint density at radius 3 is 2.71 bits per heavy atom. The Morgan fingerprint density at radius 1 is 1.48 bits per heavy atom. The summed E-state index contributed by atoms with van der Waals surface area (Å²) in [5.41, 5.74) is 5.81. The van der Waals surface area contributed by atoms with Crippen molar-refractivity contribution in [1.29, 1.82) is 0 Å². The third-order valence-corrected chi connectivity index (χ3v) is 2.63. The molecule has 1 aromatic rings. The van der Waals surface area contributed by atoms with Crippen LogP contribution in [0.3, 0.4) is 0 Å². The summed E-state index contributed by atoms with van der Waals surface area (Å²) in [5.74, 6) is -1.06. The molecule has 4 N–H and O–H groups in total. The summed E-state index contributed by atoms with van der Waals surface area (Å²) in [4.78, 5) is 11.5. The van der Waals surface area contributed by atoms with Crippen molar-refractivity contribution in [3.63, 3.8) is 0 Å². The highest BCUT2D eigenvalue weighted by atomic mass is 79.9. The van der Waals surface area contributed by atoms with E-state index in [1.165, 1.54) is 12.1 Å². The Balaban J connectivity index is 2.73. The first-order chi connectivity index (χ1) is 9.73. The van der Waals surface area contributed by atoms with E-state index in [1.54, 1.807) is 6.07 Å². The topological polar surface area (TPSA) is 96.9 Å². The maximum atomic E-state index is 11.9. The number of nitrogens with one attached hydrogen (secondary N) is 1. The Morgan fingerprint density at radius 2 is 2.14 bits per heavy atom. The Kier molecular flexibility index (Phi) is 5.97. The average Bonchev–Trinajstić information content (AvgIpc) is 2.36. The number of benzene rings is 1. The van der Waals surface area contributed by atoms with Crippen molar-refractivity contribution in [3.8, 4) is 0 Å². The summed E-state index contributed by atoms with van der Waals surface area (Å²) in [6, 6.07) is 4.50. The predicted molar refractivity (Wildman–Crippen MR) is 72.2 cm³/mol. The zero-order chi connectivity index (χ0) is 16.0. The van der Waals surface area contributed by atoms with Crippen molar-refractivity contribution in [2.24, 2.45) is 10.9 Å². The lowest BCUT2D eigenvalue weighted by Gasteiger charge is -2.11. The molecule has 0 unspecified atom stereocenters. The first-order valence-corrected chi connectivity index (χ1v) is 6.24. The van der Waals surface area contributed by atoms with E-state index in [4.69, 9.17) is 10.9 Å². The van der Waals surface area contributed by atoms with E-state index in [0.717, 1.165) is 0 Å². The monoisotopic (exact) mass is 369 g/mol. The Hall–Kier alpha value is -1.81. The number of rotatable bonds is 5. The number of halogens is 4. The van der Waals surface area contributed by atoms with Gasteiger partial charge >= 0.3 is 6.18 Å². The number of hydrogen-bond donors (Lipinski definition) is 3. The number of nitrogens with zero attached hydrogens (tertiary/aromatic N) is 1. The molecule has 1 amide bonds. The van der Waals surface area contributed by atoms with Gasteiger partial charge in [0.15, 0.2) is 5.84 Å². The van der Waals surface area contributed by atoms with E-state index in [2.05, 4.69) is 31.1 Å². The number of alkyl halides is 3. The van der Waals surface area contributed by atoms with Gasteiger partial charge in [0.2, 0.25) is 5.91 Å². The molecule has 0 fully saturated rings. The van der Waals surface area contributed by atoms with Crippen LogP contribution in [-0.2, 0) is 9.53 Å². The number of anilines is 1. The number of nitrogens with two attached hydrogens (primary N) is 1. The van der Waals surface area contributed by atoms with Gasteiger partial charge in [0.1, 0.15) is 13.2 Å². The molecule has 0 heterocycles. The van der Waals surface area contributed by atoms with Gasteiger partial charge in [-0.3, -0.25) is 4.79 Å². The summed E-state index contributed by atoms with van der Waals surface area (Å²) in [6.07, 6.45) is -4.50. The molecule has 0 spiro atoms. The second-order valence-corrected chi connectivity index (χ2v) is 4.75. The van der Waals surface area contributed by atoms with Crippen molar-refractivity contribution in [2.75, 3.05) is 18.5 Å². The van der Waals surface area contributed by atoms with Crippen LogP contribution in [0.4, 0.5) is 18.9 Å². The predicted octanol–water partition coefficient (Wildman–Crippen LogP) is 2.06. The largest absolute Gasteiger partial charge is 0.411 e. The second kappa shape index (κ2) is 7.27. The molecular formula is C11H11BrF3N3O3. The molecule has 10 heteroatoms. The summed E-state index contributed by atoms with van der Waals surface area (Å²) >= 11 is 3.16. The van der Waals surface area contributed by atoms with E-state index in [9.17, 15) is 18.0 Å². The number of amidine groups is 1. The van der Waals surface area contributed by atoms with Crippen LogP contribution in [0.25, 0.3) is 0 Å². The lowest BCUT2D eigenvalue weighted by Crippen LogP contribution is -2.25. The van der Waals surface area contributed by atoms with Gasteiger partial charge in [0.05, 0.1) is 5.69 Å². The highest BCUT2D eigenvalue weighted by Crippen LogP contribution is 2.21. The van der Waals surface area contributed by atoms with Crippen LogP contribution in [0.5, 0.6) is 0 Å². The molecule has 0 saturated carbocycles. The maximum absolute atomic E-state index is 11.9. The van der Waals surface area contributed by atoms with E-state index >= 15 is 0 Å². The van der Waals surface area contributed by atoms with Gasteiger partial charge in [-0.2, -0.15) is 13.2 Å². The van der Waals surface area contributed by atoms with Gasteiger partial charge in [0.25, 0.3) is 0 Å². The number of amides is 1. The number of carbonyl (C=O) groups excluding carboxylic acids is 1. The molecule has 1 aromatic carbocycles. The van der Waals surface area contributed by atoms with Crippen molar-refractivity contribution in [1.82, 2.24) is 0 Å². The minimum atomic E-state index is -4.50. The molecule has 0 aliphatic carbocycles. The summed E-state index contributed by atoms with van der Waals surface area (Å²) in [5, 5.41) is 13.8. The lowest BCUT2D eigenvalue weighted by atomic mass is 10.1. The second-order valence-electron chi connectivity index (χ2n) is 3.83. The molecule has 0 aromatic heterocycles. The number of ether oxygens (including phenoxy) is 1. The molecule has 1 rings (SSSR count). The van der Waals surface area contributed by atoms with Crippen LogP contribution in [0.15, 0.2) is 27.8 Å². The first kappa shape index (κ1) is 17.2. The van der Waals surface area contributed by atoms with E-state index < -0.39 is 25.3 Å². The maximum Gasteiger partial charge on any atom is 0.411 e. The van der Waals surface area contributed by atoms with Gasteiger partial charge in [-0.05, 0) is 18.2 Å². The first-order valence-electron chi connectivity index (χ1n) is 5.44. The summed E-state index contributed by atoms with van der Waals surface area (Å²) in [6.45, 7) is -2.30. The molecular weight excluding hydrogens is 359 g/mol. The Bertz CT molecular complexity index is 549. The zero-order valence-electron chi connectivity index (χ0n) is 10.4. The quantitative estimate of drug-likeness (QED) is 0.320. The van der Waals surface area contributed by atoms with Crippen LogP contribution in [-0.4, -0.2) is 36.3 Å². The zero-order valence-corrected chi connectivity index (χ0v) is 12.0. The molecule has 0 aliphatic rings. The van der Waals surface area contributed by atoms with E-state index in [1.807, 2.05) is 0 Å². The van der Waals surface area contributed by atoms with Gasteiger partial charge in [-0.15, -0.1) is 0 Å². The number of carbonyl (C=O) groups is 1. The van der Waals surface area contributed by atoms with Crippen LogP contribution in [0, 0.1) is 0 Å². The van der Waals surface area contributed by atoms with Crippen LogP contribution < -0.4 is 11.1 Å². The number of hydrogen-bond acceptors (Lipinski definition) is 4. The SMILES string of the molecule is N/C(=N/O)c1ccc(Br)cc1NC(=O)COCC(F)(F)F. The standard InChI is InChI=1S/C11H11BrF3N3O3/c12-6-1-2-7(10(16)18-20)8(3-6)17-9(19)4-21-5-11(13,14)15/h1-3,20H,4-5H2,(H2,16,18)(H,17,19). The van der Waals surface area contributed by atoms with Crippen LogP contribution >= 0.6 is 15.9 Å². The Labute approximate surface area is 125 Å². The molecule has 0 aliphatic heterocycles. The van der Waals surface area contributed by atoms with Crippen LogP contribution in [0.1, 0.15) is 5.56 Å². The molecule has 0 atom stereocenters. The molecule has 6 nitrogen and oxygen atoms in total. The van der Waals surface area contributed by atoms with Gasteiger partial charge in [0, 0.05) is 10.0 Å². The molecule has 116 valence electrons. The molecule has 21 heavy (non-hydrogen) atoms. The van der Waals surface area contributed by atoms with E-state index in [-0.39, 0.29) is 17.1 Å². The number of oxime groups is 1. The fraction of sp³-hybridized carbons (Fsp3) is 0.273. The average molecular weight is 370 g/mol. The van der Waals surface area contributed by atoms with Crippen LogP contribution in [0.2, 0.25) is 0 Å². The fourth-order valence-corrected chi connectivity index (χ4v) is 1.70. The van der Waals surface area contributed by atoms with Gasteiger partial charge in [-0.1, -0.05) is 21.1 Å². The van der Waals surface area contributed by atoms with Gasteiger partial charge in [-0.25, -0.2) is 0 Å². The lowest BCUT2D eigenvalue weighted by molar-refractivity contribution is -0.174. The van der Waals surface area contributed by atoms with Gasteiger partial charge < -0.3 is 21.0 Å². The van der Waals surface area contributed by atoms with E-state index in [0.29, 0.717) is 4.47 Å². The summed E-state index contributed by atoms with van der Waals surface area (Å²) < 4.78 is 40.5. The molecule has 0 radical (unpaired) electrons. The third-order valence-electron chi connectivity index (χ3n) is 2.14. The highest BCUT2D eigenvalue weighted by Gasteiger charge is 2.27. The van der Waals surface area contributed by atoms with Crippen molar-refractivity contribution in [3.05, 3.63) is 28.2 Å². The molecule has 0 saturated heterocycles. The minimum absolute atomic E-state index is 0.167. The fourth-order valence-electron chi connectivity index (χ4n) is 1.34.